The topological polar surface area (TPSA) is 81.5 Å². The van der Waals surface area contributed by atoms with Gasteiger partial charge in [0.2, 0.25) is 0 Å². The number of hydrogen-bond acceptors (Lipinski definition) is 4. The lowest BCUT2D eigenvalue weighted by atomic mass is 9.55. The summed E-state index contributed by atoms with van der Waals surface area (Å²) in [5, 5.41) is 13.5. The highest BCUT2D eigenvalue weighted by Crippen LogP contribution is 2.54. The van der Waals surface area contributed by atoms with E-state index >= 15 is 0 Å². The minimum Gasteiger partial charge on any atom is -0.446 e. The Labute approximate surface area is 147 Å². The first-order valence-corrected chi connectivity index (χ1v) is 9.26. The molecule has 1 aromatic rings. The SMILES string of the molecule is O=C(NCCc1ccc([N+](=O)[O-])cc1)OC1C2CC3CC(C2)CC1C3. The first-order chi connectivity index (χ1) is 12.1. The number of hydrogen-bond donors (Lipinski definition) is 1. The lowest BCUT2D eigenvalue weighted by molar-refractivity contribution is -0.384. The number of amides is 1. The molecule has 0 atom stereocenters. The van der Waals surface area contributed by atoms with Crippen molar-refractivity contribution in [3.05, 3.63) is 39.9 Å². The zero-order valence-corrected chi connectivity index (χ0v) is 14.2. The summed E-state index contributed by atoms with van der Waals surface area (Å²) in [6, 6.07) is 6.43. The van der Waals surface area contributed by atoms with Crippen LogP contribution in [0.25, 0.3) is 0 Å². The molecule has 0 radical (unpaired) electrons. The number of nitrogens with one attached hydrogen (secondary N) is 1. The van der Waals surface area contributed by atoms with Crippen LogP contribution in [0.1, 0.15) is 37.7 Å². The van der Waals surface area contributed by atoms with Gasteiger partial charge in [-0.05, 0) is 67.8 Å². The van der Waals surface area contributed by atoms with E-state index < -0.39 is 4.92 Å². The van der Waals surface area contributed by atoms with Crippen LogP contribution in [0.3, 0.4) is 0 Å². The normalized spacial score (nSPS) is 32.4. The van der Waals surface area contributed by atoms with Crippen molar-refractivity contribution in [2.45, 2.75) is 44.6 Å². The van der Waals surface area contributed by atoms with Crippen molar-refractivity contribution < 1.29 is 14.5 Å². The number of nitro benzene ring substituents is 1. The number of ether oxygens (including phenoxy) is 1. The lowest BCUT2D eigenvalue weighted by Gasteiger charge is -2.53. The van der Waals surface area contributed by atoms with E-state index in [1.807, 2.05) is 0 Å². The Morgan fingerprint density at radius 3 is 2.24 bits per heavy atom. The van der Waals surface area contributed by atoms with E-state index in [0.29, 0.717) is 24.8 Å². The second kappa shape index (κ2) is 6.65. The molecule has 0 aliphatic heterocycles. The zero-order chi connectivity index (χ0) is 17.4. The van der Waals surface area contributed by atoms with Gasteiger partial charge >= 0.3 is 6.09 Å². The van der Waals surface area contributed by atoms with Crippen LogP contribution in [0, 0.1) is 33.8 Å². The molecule has 4 bridgehead atoms. The molecule has 4 aliphatic rings. The molecule has 0 heterocycles. The fourth-order valence-electron chi connectivity index (χ4n) is 5.33. The predicted octanol–water partition coefficient (Wildman–Crippen LogP) is 3.69. The fourth-order valence-corrected chi connectivity index (χ4v) is 5.33. The van der Waals surface area contributed by atoms with Crippen molar-refractivity contribution in [1.82, 2.24) is 5.32 Å². The van der Waals surface area contributed by atoms with Gasteiger partial charge in [0.1, 0.15) is 6.10 Å². The molecule has 4 saturated carbocycles. The summed E-state index contributed by atoms with van der Waals surface area (Å²) >= 11 is 0. The monoisotopic (exact) mass is 344 g/mol. The number of alkyl carbamates (subject to hydrolysis) is 1. The maximum Gasteiger partial charge on any atom is 0.407 e. The van der Waals surface area contributed by atoms with E-state index in [9.17, 15) is 14.9 Å². The van der Waals surface area contributed by atoms with Gasteiger partial charge in [-0.15, -0.1) is 0 Å². The molecule has 4 aliphatic carbocycles. The molecule has 6 heteroatoms. The summed E-state index contributed by atoms with van der Waals surface area (Å²) in [4.78, 5) is 22.4. The summed E-state index contributed by atoms with van der Waals surface area (Å²) in [5.41, 5.74) is 1.04. The molecule has 0 spiro atoms. The van der Waals surface area contributed by atoms with Crippen LogP contribution in [-0.2, 0) is 11.2 Å². The summed E-state index contributed by atoms with van der Waals surface area (Å²) in [7, 11) is 0. The van der Waals surface area contributed by atoms with E-state index in [1.54, 1.807) is 12.1 Å². The number of benzene rings is 1. The van der Waals surface area contributed by atoms with E-state index in [2.05, 4.69) is 5.32 Å². The Bertz CT molecular complexity index is 630. The predicted molar refractivity (Wildman–Crippen MR) is 92.1 cm³/mol. The molecular weight excluding hydrogens is 320 g/mol. The number of carbonyl (C=O) groups excluding carboxylic acids is 1. The van der Waals surface area contributed by atoms with E-state index in [1.165, 1.54) is 44.2 Å². The Hall–Kier alpha value is -2.11. The van der Waals surface area contributed by atoms with Gasteiger partial charge in [-0.25, -0.2) is 4.79 Å². The smallest absolute Gasteiger partial charge is 0.407 e. The van der Waals surface area contributed by atoms with E-state index in [4.69, 9.17) is 4.74 Å². The number of rotatable bonds is 5. The molecule has 1 N–H and O–H groups in total. The summed E-state index contributed by atoms with van der Waals surface area (Å²) in [5.74, 6) is 2.87. The highest BCUT2D eigenvalue weighted by molar-refractivity contribution is 5.67. The summed E-state index contributed by atoms with van der Waals surface area (Å²) in [6.07, 6.45) is 6.73. The molecule has 4 fully saturated rings. The van der Waals surface area contributed by atoms with Gasteiger partial charge in [0, 0.05) is 18.7 Å². The molecule has 0 saturated heterocycles. The minimum absolute atomic E-state index is 0.0815. The lowest BCUT2D eigenvalue weighted by Crippen LogP contribution is -2.51. The van der Waals surface area contributed by atoms with Crippen LogP contribution < -0.4 is 5.32 Å². The van der Waals surface area contributed by atoms with Crippen molar-refractivity contribution in [3.8, 4) is 0 Å². The highest BCUT2D eigenvalue weighted by atomic mass is 16.6. The van der Waals surface area contributed by atoms with Gasteiger partial charge in [0.25, 0.3) is 5.69 Å². The second-order valence-electron chi connectivity index (χ2n) is 7.90. The number of nitrogens with zero attached hydrogens (tertiary/aromatic N) is 1. The van der Waals surface area contributed by atoms with Crippen molar-refractivity contribution in [1.29, 1.82) is 0 Å². The maximum absolute atomic E-state index is 12.1. The van der Waals surface area contributed by atoms with Gasteiger partial charge in [0.05, 0.1) is 4.92 Å². The van der Waals surface area contributed by atoms with Crippen LogP contribution in [0.2, 0.25) is 0 Å². The van der Waals surface area contributed by atoms with Gasteiger partial charge < -0.3 is 10.1 Å². The first kappa shape index (κ1) is 16.4. The largest absolute Gasteiger partial charge is 0.446 e. The Morgan fingerprint density at radius 1 is 1.08 bits per heavy atom. The van der Waals surface area contributed by atoms with Crippen molar-refractivity contribution in [2.75, 3.05) is 6.54 Å². The molecule has 134 valence electrons. The molecular formula is C19H24N2O4. The van der Waals surface area contributed by atoms with Gasteiger partial charge in [-0.2, -0.15) is 0 Å². The molecule has 0 unspecified atom stereocenters. The second-order valence-corrected chi connectivity index (χ2v) is 7.90. The number of nitro groups is 1. The minimum atomic E-state index is -0.412. The summed E-state index contributed by atoms with van der Waals surface area (Å²) < 4.78 is 5.78. The molecule has 5 rings (SSSR count). The van der Waals surface area contributed by atoms with Crippen LogP contribution in [0.5, 0.6) is 0 Å². The molecule has 25 heavy (non-hydrogen) atoms. The maximum atomic E-state index is 12.1. The number of non-ortho nitro benzene ring substituents is 1. The molecule has 1 aromatic carbocycles. The molecule has 0 aromatic heterocycles. The van der Waals surface area contributed by atoms with Crippen LogP contribution >= 0.6 is 0 Å². The van der Waals surface area contributed by atoms with Gasteiger partial charge in [-0.1, -0.05) is 12.1 Å². The Morgan fingerprint density at radius 2 is 1.68 bits per heavy atom. The van der Waals surface area contributed by atoms with E-state index in [0.717, 1.165) is 17.4 Å². The highest BCUT2D eigenvalue weighted by Gasteiger charge is 2.49. The first-order valence-electron chi connectivity index (χ1n) is 9.26. The fraction of sp³-hybridized carbons (Fsp3) is 0.632. The van der Waals surface area contributed by atoms with Gasteiger partial charge in [-0.3, -0.25) is 10.1 Å². The van der Waals surface area contributed by atoms with Crippen LogP contribution in [0.15, 0.2) is 24.3 Å². The zero-order valence-electron chi connectivity index (χ0n) is 14.2. The average molecular weight is 344 g/mol. The Balaban J connectivity index is 1.24. The third kappa shape index (κ3) is 3.48. The third-order valence-corrected chi connectivity index (χ3v) is 6.21. The van der Waals surface area contributed by atoms with Crippen LogP contribution in [0.4, 0.5) is 10.5 Å². The average Bonchev–Trinajstić information content (AvgIpc) is 2.58. The van der Waals surface area contributed by atoms with Crippen molar-refractivity contribution >= 4 is 11.8 Å². The number of carbonyl (C=O) groups is 1. The van der Waals surface area contributed by atoms with Crippen molar-refractivity contribution in [2.24, 2.45) is 23.7 Å². The van der Waals surface area contributed by atoms with Crippen molar-refractivity contribution in [3.63, 3.8) is 0 Å². The van der Waals surface area contributed by atoms with E-state index in [-0.39, 0.29) is 17.9 Å². The standard InChI is InChI=1S/C19H24N2O4/c22-19(20-6-5-12-1-3-17(4-2-12)21(23)24)25-18-15-8-13-7-14(10-15)11-16(18)9-13/h1-4,13-16,18H,5-11H2,(H,20,22). The molecule has 6 nitrogen and oxygen atoms in total. The Kier molecular flexibility index (Phi) is 4.36. The third-order valence-electron chi connectivity index (χ3n) is 6.21. The van der Waals surface area contributed by atoms with Crippen LogP contribution in [-0.4, -0.2) is 23.7 Å². The summed E-state index contributed by atoms with van der Waals surface area (Å²) in [6.45, 7) is 0.476. The van der Waals surface area contributed by atoms with Gasteiger partial charge in [0.15, 0.2) is 0 Å². The quantitative estimate of drug-likeness (QED) is 0.652. The molecule has 1 amide bonds.